The maximum atomic E-state index is 13.4. The molecule has 26 heavy (non-hydrogen) atoms. The van der Waals surface area contributed by atoms with Crippen molar-refractivity contribution in [1.29, 1.82) is 0 Å². The van der Waals surface area contributed by atoms with Gasteiger partial charge in [0, 0.05) is 18.4 Å². The van der Waals surface area contributed by atoms with Gasteiger partial charge in [0.2, 0.25) is 5.91 Å². The number of hydrogen-bond donors (Lipinski definition) is 1. The molecule has 5 nitrogen and oxygen atoms in total. The lowest BCUT2D eigenvalue weighted by molar-refractivity contribution is -0.116. The number of anilines is 1. The van der Waals surface area contributed by atoms with E-state index in [9.17, 15) is 9.18 Å². The number of amides is 1. The standard InChI is InChI=1S/C20H22FNO4/c21-18-8-1-2-9-19(18)25-12-10-20(23)22-15-5-3-6-16(13-15)26-14-17-7-4-11-24-17/h1-3,5-6,8-9,13,17H,4,7,10-12,14H2,(H,22,23). The summed E-state index contributed by atoms with van der Waals surface area (Å²) in [6.45, 7) is 1.40. The van der Waals surface area contributed by atoms with Gasteiger partial charge in [-0.25, -0.2) is 4.39 Å². The van der Waals surface area contributed by atoms with Gasteiger partial charge in [-0.05, 0) is 37.1 Å². The Morgan fingerprint density at radius 2 is 2.08 bits per heavy atom. The van der Waals surface area contributed by atoms with Gasteiger partial charge in [-0.3, -0.25) is 4.79 Å². The van der Waals surface area contributed by atoms with Crippen LogP contribution in [0.4, 0.5) is 10.1 Å². The van der Waals surface area contributed by atoms with Crippen molar-refractivity contribution in [3.63, 3.8) is 0 Å². The number of hydrogen-bond acceptors (Lipinski definition) is 4. The summed E-state index contributed by atoms with van der Waals surface area (Å²) in [5.74, 6) is 0.173. The topological polar surface area (TPSA) is 56.8 Å². The van der Waals surface area contributed by atoms with Gasteiger partial charge in [-0.15, -0.1) is 0 Å². The molecule has 1 amide bonds. The van der Waals surface area contributed by atoms with Crippen molar-refractivity contribution in [3.8, 4) is 11.5 Å². The zero-order valence-corrected chi connectivity index (χ0v) is 14.4. The number of carbonyl (C=O) groups excluding carboxylic acids is 1. The second kappa shape index (κ2) is 9.20. The first-order valence-electron chi connectivity index (χ1n) is 8.72. The summed E-state index contributed by atoms with van der Waals surface area (Å²) in [5.41, 5.74) is 0.644. The minimum Gasteiger partial charge on any atom is -0.491 e. The zero-order chi connectivity index (χ0) is 18.2. The van der Waals surface area contributed by atoms with Gasteiger partial charge in [0.1, 0.15) is 12.4 Å². The molecule has 1 aliphatic rings. The summed E-state index contributed by atoms with van der Waals surface area (Å²) >= 11 is 0. The molecule has 1 saturated heterocycles. The Morgan fingerprint density at radius 1 is 1.19 bits per heavy atom. The van der Waals surface area contributed by atoms with E-state index in [1.54, 1.807) is 24.3 Å². The zero-order valence-electron chi connectivity index (χ0n) is 14.4. The molecule has 3 rings (SSSR count). The number of rotatable bonds is 8. The summed E-state index contributed by atoms with van der Waals surface area (Å²) < 4.78 is 30.0. The highest BCUT2D eigenvalue weighted by molar-refractivity contribution is 5.90. The predicted molar refractivity (Wildman–Crippen MR) is 96.1 cm³/mol. The molecule has 6 heteroatoms. The third kappa shape index (κ3) is 5.46. The number of para-hydroxylation sites is 1. The molecule has 0 radical (unpaired) electrons. The monoisotopic (exact) mass is 359 g/mol. The quantitative estimate of drug-likeness (QED) is 0.779. The number of ether oxygens (including phenoxy) is 3. The van der Waals surface area contributed by atoms with Crippen LogP contribution in [0.15, 0.2) is 48.5 Å². The van der Waals surface area contributed by atoms with Crippen molar-refractivity contribution in [1.82, 2.24) is 0 Å². The lowest BCUT2D eigenvalue weighted by atomic mass is 10.2. The van der Waals surface area contributed by atoms with E-state index in [0.717, 1.165) is 19.4 Å². The highest BCUT2D eigenvalue weighted by Crippen LogP contribution is 2.20. The van der Waals surface area contributed by atoms with Crippen LogP contribution in [0.3, 0.4) is 0 Å². The van der Waals surface area contributed by atoms with Crippen molar-refractivity contribution < 1.29 is 23.4 Å². The molecule has 1 heterocycles. The molecule has 1 aliphatic heterocycles. The molecule has 0 spiro atoms. The molecule has 1 atom stereocenters. The SMILES string of the molecule is O=C(CCOc1ccccc1F)Nc1cccc(OCC2CCCO2)c1. The first kappa shape index (κ1) is 18.2. The van der Waals surface area contributed by atoms with Gasteiger partial charge in [0.05, 0.1) is 19.1 Å². The van der Waals surface area contributed by atoms with Crippen LogP contribution in [-0.2, 0) is 9.53 Å². The fourth-order valence-corrected chi connectivity index (χ4v) is 2.67. The van der Waals surface area contributed by atoms with Gasteiger partial charge >= 0.3 is 0 Å². The average molecular weight is 359 g/mol. The summed E-state index contributed by atoms with van der Waals surface area (Å²) in [6.07, 6.45) is 2.34. The van der Waals surface area contributed by atoms with Crippen LogP contribution in [0.2, 0.25) is 0 Å². The van der Waals surface area contributed by atoms with Crippen LogP contribution in [-0.4, -0.2) is 31.8 Å². The molecular weight excluding hydrogens is 337 g/mol. The van der Waals surface area contributed by atoms with Crippen LogP contribution in [0.25, 0.3) is 0 Å². The summed E-state index contributed by atoms with van der Waals surface area (Å²) in [5, 5.41) is 2.79. The van der Waals surface area contributed by atoms with Crippen molar-refractivity contribution in [2.45, 2.75) is 25.4 Å². The van der Waals surface area contributed by atoms with Crippen LogP contribution in [0.1, 0.15) is 19.3 Å². The molecule has 0 saturated carbocycles. The Hall–Kier alpha value is -2.60. The molecule has 0 aliphatic carbocycles. The molecule has 1 unspecified atom stereocenters. The lowest BCUT2D eigenvalue weighted by Gasteiger charge is -2.12. The van der Waals surface area contributed by atoms with E-state index >= 15 is 0 Å². The third-order valence-electron chi connectivity index (χ3n) is 4.00. The average Bonchev–Trinajstić information content (AvgIpc) is 3.15. The second-order valence-corrected chi connectivity index (χ2v) is 6.05. The highest BCUT2D eigenvalue weighted by Gasteiger charge is 2.16. The van der Waals surface area contributed by atoms with E-state index in [1.807, 2.05) is 12.1 Å². The summed E-state index contributed by atoms with van der Waals surface area (Å²) in [4.78, 5) is 12.0. The van der Waals surface area contributed by atoms with E-state index in [-0.39, 0.29) is 30.8 Å². The Morgan fingerprint density at radius 3 is 2.88 bits per heavy atom. The van der Waals surface area contributed by atoms with Crippen molar-refractivity contribution >= 4 is 11.6 Å². The predicted octanol–water partition coefficient (Wildman–Crippen LogP) is 3.79. The minimum absolute atomic E-state index is 0.0992. The summed E-state index contributed by atoms with van der Waals surface area (Å²) in [6, 6.07) is 13.3. The van der Waals surface area contributed by atoms with E-state index in [4.69, 9.17) is 14.2 Å². The fourth-order valence-electron chi connectivity index (χ4n) is 2.67. The Kier molecular flexibility index (Phi) is 6.44. The first-order chi connectivity index (χ1) is 12.7. The normalized spacial score (nSPS) is 16.3. The molecule has 2 aromatic rings. The maximum absolute atomic E-state index is 13.4. The molecule has 0 aromatic heterocycles. The van der Waals surface area contributed by atoms with Crippen LogP contribution in [0, 0.1) is 5.82 Å². The van der Waals surface area contributed by atoms with Crippen molar-refractivity contribution in [2.75, 3.05) is 25.1 Å². The maximum Gasteiger partial charge on any atom is 0.227 e. The van der Waals surface area contributed by atoms with Crippen molar-refractivity contribution in [2.24, 2.45) is 0 Å². The Labute approximate surface area is 152 Å². The van der Waals surface area contributed by atoms with Gasteiger partial charge < -0.3 is 19.5 Å². The second-order valence-electron chi connectivity index (χ2n) is 6.05. The Bertz CT molecular complexity index is 731. The van der Waals surface area contributed by atoms with Crippen LogP contribution < -0.4 is 14.8 Å². The summed E-state index contributed by atoms with van der Waals surface area (Å²) in [7, 11) is 0. The minimum atomic E-state index is -0.441. The van der Waals surface area contributed by atoms with E-state index in [0.29, 0.717) is 18.0 Å². The van der Waals surface area contributed by atoms with Crippen LogP contribution in [0.5, 0.6) is 11.5 Å². The highest BCUT2D eigenvalue weighted by atomic mass is 19.1. The number of halogens is 1. The number of nitrogens with one attached hydrogen (secondary N) is 1. The third-order valence-corrected chi connectivity index (χ3v) is 4.00. The number of carbonyl (C=O) groups is 1. The van der Waals surface area contributed by atoms with Crippen LogP contribution >= 0.6 is 0 Å². The van der Waals surface area contributed by atoms with Gasteiger partial charge in [-0.1, -0.05) is 18.2 Å². The van der Waals surface area contributed by atoms with Crippen molar-refractivity contribution in [3.05, 3.63) is 54.3 Å². The first-order valence-corrected chi connectivity index (χ1v) is 8.72. The smallest absolute Gasteiger partial charge is 0.227 e. The fraction of sp³-hybridized carbons (Fsp3) is 0.350. The Balaban J connectivity index is 1.43. The molecule has 1 fully saturated rings. The van der Waals surface area contributed by atoms with E-state index < -0.39 is 5.82 Å². The van der Waals surface area contributed by atoms with Gasteiger partial charge in [0.15, 0.2) is 11.6 Å². The molecule has 0 bridgehead atoms. The van der Waals surface area contributed by atoms with E-state index in [1.165, 1.54) is 12.1 Å². The molecule has 138 valence electrons. The van der Waals surface area contributed by atoms with Gasteiger partial charge in [-0.2, -0.15) is 0 Å². The largest absolute Gasteiger partial charge is 0.491 e. The lowest BCUT2D eigenvalue weighted by Crippen LogP contribution is -2.17. The molecule has 1 N–H and O–H groups in total. The number of benzene rings is 2. The van der Waals surface area contributed by atoms with Gasteiger partial charge in [0.25, 0.3) is 0 Å². The molecule has 2 aromatic carbocycles. The molecular formula is C20H22FNO4. The van der Waals surface area contributed by atoms with E-state index in [2.05, 4.69) is 5.32 Å².